The van der Waals surface area contributed by atoms with E-state index in [2.05, 4.69) is 26.7 Å². The number of anilines is 1. The summed E-state index contributed by atoms with van der Waals surface area (Å²) in [4.78, 5) is 15.3. The highest BCUT2D eigenvalue weighted by molar-refractivity contribution is 7.16. The maximum atomic E-state index is 9.79. The molecule has 0 unspecified atom stereocenters. The minimum Gasteiger partial charge on any atom is -0.392 e. The molecule has 2 atom stereocenters. The second kappa shape index (κ2) is 9.18. The molecule has 2 aromatic heterocycles. The Hall–Kier alpha value is -1.25. The zero-order chi connectivity index (χ0) is 22.3. The standard InChI is InChI=1S/C24H33ClN4O2S/c1-16-12-26-13-21(27-16)28-7-3-18(4-8-28)14-29-9-6-24(11-17(29)2)22-19(5-10-31-24)20(15-30)23(25)32-22/h12-13,17-18,30H,3-11,14-15H2,1-2H3/t17-,24+/m0/s1. The van der Waals surface area contributed by atoms with Crippen molar-refractivity contribution in [1.82, 2.24) is 14.9 Å². The molecule has 0 bridgehead atoms. The third kappa shape index (κ3) is 4.18. The van der Waals surface area contributed by atoms with Crippen molar-refractivity contribution in [3.8, 4) is 0 Å². The van der Waals surface area contributed by atoms with Gasteiger partial charge in [0.15, 0.2) is 0 Å². The van der Waals surface area contributed by atoms with Crippen LogP contribution in [0.25, 0.3) is 0 Å². The highest BCUT2D eigenvalue weighted by Crippen LogP contribution is 2.50. The van der Waals surface area contributed by atoms with Gasteiger partial charge < -0.3 is 19.6 Å². The number of nitrogens with zero attached hydrogens (tertiary/aromatic N) is 4. The number of aryl methyl sites for hydroxylation is 1. The first-order chi connectivity index (χ1) is 15.5. The molecule has 2 fully saturated rings. The molecule has 5 heterocycles. The fraction of sp³-hybridized carbons (Fsp3) is 0.667. The first-order valence-corrected chi connectivity index (χ1v) is 13.0. The van der Waals surface area contributed by atoms with Crippen LogP contribution in [-0.4, -0.2) is 58.8 Å². The van der Waals surface area contributed by atoms with E-state index in [1.54, 1.807) is 11.3 Å². The third-order valence-corrected chi connectivity index (χ3v) is 9.30. The van der Waals surface area contributed by atoms with Crippen LogP contribution in [0.2, 0.25) is 4.34 Å². The van der Waals surface area contributed by atoms with Crippen LogP contribution in [0.4, 0.5) is 5.82 Å². The molecule has 1 spiro atoms. The highest BCUT2D eigenvalue weighted by atomic mass is 35.5. The van der Waals surface area contributed by atoms with Crippen LogP contribution in [0, 0.1) is 12.8 Å². The minimum absolute atomic E-state index is 0.0231. The summed E-state index contributed by atoms with van der Waals surface area (Å²) in [6.07, 6.45) is 8.96. The van der Waals surface area contributed by atoms with Crippen LogP contribution in [-0.2, 0) is 23.4 Å². The number of aliphatic hydroxyl groups excluding tert-OH is 1. The molecular formula is C24H33ClN4O2S. The predicted octanol–water partition coefficient (Wildman–Crippen LogP) is 4.16. The molecule has 0 aliphatic carbocycles. The zero-order valence-corrected chi connectivity index (χ0v) is 20.6. The number of ether oxygens (including phenoxy) is 1. The number of aromatic nitrogens is 2. The maximum Gasteiger partial charge on any atom is 0.147 e. The van der Waals surface area contributed by atoms with Crippen LogP contribution in [0.15, 0.2) is 12.4 Å². The van der Waals surface area contributed by atoms with Crippen LogP contribution in [0.3, 0.4) is 0 Å². The third-order valence-electron chi connectivity index (χ3n) is 7.59. The number of hydrogen-bond acceptors (Lipinski definition) is 7. The van der Waals surface area contributed by atoms with Crippen LogP contribution in [0.5, 0.6) is 0 Å². The van der Waals surface area contributed by atoms with E-state index in [4.69, 9.17) is 16.3 Å². The van der Waals surface area contributed by atoms with Gasteiger partial charge in [-0.05, 0) is 57.4 Å². The lowest BCUT2D eigenvalue weighted by Gasteiger charge is -2.48. The van der Waals surface area contributed by atoms with Gasteiger partial charge in [0.1, 0.15) is 11.4 Å². The summed E-state index contributed by atoms with van der Waals surface area (Å²) in [5.74, 6) is 1.74. The molecule has 0 amide bonds. The number of thiophene rings is 1. The van der Waals surface area contributed by atoms with Crippen LogP contribution in [0.1, 0.15) is 54.3 Å². The summed E-state index contributed by atoms with van der Waals surface area (Å²) in [5.41, 5.74) is 2.93. The van der Waals surface area contributed by atoms with E-state index in [9.17, 15) is 5.11 Å². The Morgan fingerprint density at radius 3 is 2.81 bits per heavy atom. The van der Waals surface area contributed by atoms with Crippen molar-refractivity contribution < 1.29 is 9.84 Å². The zero-order valence-electron chi connectivity index (χ0n) is 19.0. The molecule has 2 aromatic rings. The second-order valence-electron chi connectivity index (χ2n) is 9.66. The monoisotopic (exact) mass is 476 g/mol. The van der Waals surface area contributed by atoms with Gasteiger partial charge in [-0.25, -0.2) is 4.98 Å². The molecule has 3 aliphatic rings. The molecule has 0 radical (unpaired) electrons. The SMILES string of the molecule is Cc1cncc(N2CCC(CN3CC[C@]4(C[C@@H]3C)OCCc3c4sc(Cl)c3CO)CC2)n1. The number of hydrogen-bond donors (Lipinski definition) is 1. The average molecular weight is 477 g/mol. The van der Waals surface area contributed by atoms with Gasteiger partial charge in [0.2, 0.25) is 0 Å². The Morgan fingerprint density at radius 2 is 2.09 bits per heavy atom. The van der Waals surface area contributed by atoms with Gasteiger partial charge in [-0.3, -0.25) is 4.98 Å². The summed E-state index contributed by atoms with van der Waals surface area (Å²) in [6, 6.07) is 0.467. The lowest BCUT2D eigenvalue weighted by molar-refractivity contribution is -0.111. The van der Waals surface area contributed by atoms with E-state index in [1.807, 2.05) is 19.3 Å². The average Bonchev–Trinajstić information content (AvgIpc) is 3.13. The number of halogens is 1. The molecule has 3 aliphatic heterocycles. The van der Waals surface area contributed by atoms with E-state index >= 15 is 0 Å². The predicted molar refractivity (Wildman–Crippen MR) is 129 cm³/mol. The van der Waals surface area contributed by atoms with Crippen molar-refractivity contribution in [2.45, 2.75) is 64.2 Å². The number of aliphatic hydroxyl groups is 1. The number of rotatable bonds is 4. The van der Waals surface area contributed by atoms with Crippen LogP contribution >= 0.6 is 22.9 Å². The minimum atomic E-state index is -0.224. The fourth-order valence-electron chi connectivity index (χ4n) is 5.81. The van der Waals surface area contributed by atoms with Gasteiger partial charge in [0.25, 0.3) is 0 Å². The normalized spacial score (nSPS) is 27.1. The molecule has 0 aromatic carbocycles. The van der Waals surface area contributed by atoms with Crippen molar-refractivity contribution in [1.29, 1.82) is 0 Å². The largest absolute Gasteiger partial charge is 0.392 e. The topological polar surface area (TPSA) is 61.7 Å². The van der Waals surface area contributed by atoms with Gasteiger partial charge in [0, 0.05) is 48.9 Å². The van der Waals surface area contributed by atoms with E-state index in [0.29, 0.717) is 6.04 Å². The van der Waals surface area contributed by atoms with Crippen molar-refractivity contribution >= 4 is 28.8 Å². The second-order valence-corrected chi connectivity index (χ2v) is 11.3. The summed E-state index contributed by atoms with van der Waals surface area (Å²) in [5, 5.41) is 9.79. The molecule has 32 heavy (non-hydrogen) atoms. The quantitative estimate of drug-likeness (QED) is 0.714. The molecule has 174 valence electrons. The molecule has 2 saturated heterocycles. The summed E-state index contributed by atoms with van der Waals surface area (Å²) >= 11 is 8.11. The van der Waals surface area contributed by atoms with Gasteiger partial charge in [0.05, 0.1) is 29.4 Å². The Kier molecular flexibility index (Phi) is 6.47. The molecule has 1 N–H and O–H groups in total. The van der Waals surface area contributed by atoms with Crippen molar-refractivity contribution in [3.05, 3.63) is 38.4 Å². The van der Waals surface area contributed by atoms with Crippen molar-refractivity contribution in [3.63, 3.8) is 0 Å². The van der Waals surface area contributed by atoms with E-state index in [-0.39, 0.29) is 12.2 Å². The Morgan fingerprint density at radius 1 is 1.28 bits per heavy atom. The van der Waals surface area contributed by atoms with Gasteiger partial charge >= 0.3 is 0 Å². The lowest BCUT2D eigenvalue weighted by Crippen LogP contribution is -2.52. The Bertz CT molecular complexity index is 961. The molecular weight excluding hydrogens is 444 g/mol. The molecule has 8 heteroatoms. The van der Waals surface area contributed by atoms with E-state index in [1.165, 1.54) is 23.3 Å². The Balaban J connectivity index is 1.21. The number of piperidine rings is 2. The molecule has 6 nitrogen and oxygen atoms in total. The van der Waals surface area contributed by atoms with Gasteiger partial charge in [-0.1, -0.05) is 11.6 Å². The smallest absolute Gasteiger partial charge is 0.147 e. The first-order valence-electron chi connectivity index (χ1n) is 11.8. The van der Waals surface area contributed by atoms with E-state index in [0.717, 1.165) is 79.4 Å². The lowest BCUT2D eigenvalue weighted by atomic mass is 9.81. The number of fused-ring (bicyclic) bond motifs is 2. The van der Waals surface area contributed by atoms with E-state index < -0.39 is 0 Å². The van der Waals surface area contributed by atoms with Crippen molar-refractivity contribution in [2.24, 2.45) is 5.92 Å². The molecule has 5 rings (SSSR count). The number of likely N-dealkylation sites (tertiary alicyclic amines) is 1. The summed E-state index contributed by atoms with van der Waals surface area (Å²) in [7, 11) is 0. The van der Waals surface area contributed by atoms with Gasteiger partial charge in [-0.15, -0.1) is 11.3 Å². The Labute approximate surface area is 199 Å². The summed E-state index contributed by atoms with van der Waals surface area (Å²) < 4.78 is 7.19. The highest BCUT2D eigenvalue weighted by Gasteiger charge is 2.46. The fourth-order valence-corrected chi connectivity index (χ4v) is 7.49. The maximum absolute atomic E-state index is 9.79. The van der Waals surface area contributed by atoms with Gasteiger partial charge in [-0.2, -0.15) is 0 Å². The summed E-state index contributed by atoms with van der Waals surface area (Å²) in [6.45, 7) is 9.41. The van der Waals surface area contributed by atoms with Crippen LogP contribution < -0.4 is 4.90 Å². The molecule has 0 saturated carbocycles. The van der Waals surface area contributed by atoms with Crippen molar-refractivity contribution in [2.75, 3.05) is 37.7 Å². The first kappa shape index (κ1) is 22.5.